The molecule has 6 heteroatoms. The van der Waals surface area contributed by atoms with Gasteiger partial charge in [-0.1, -0.05) is 36.4 Å². The summed E-state index contributed by atoms with van der Waals surface area (Å²) in [6.07, 6.45) is 0. The van der Waals surface area contributed by atoms with E-state index in [0.717, 1.165) is 35.9 Å². The van der Waals surface area contributed by atoms with Gasteiger partial charge in [0.2, 0.25) is 5.95 Å². The summed E-state index contributed by atoms with van der Waals surface area (Å²) in [6.45, 7) is 1.68. The van der Waals surface area contributed by atoms with Crippen molar-refractivity contribution in [2.24, 2.45) is 0 Å². The molecule has 0 spiro atoms. The predicted octanol–water partition coefficient (Wildman–Crippen LogP) is 3.73. The van der Waals surface area contributed by atoms with Gasteiger partial charge in [-0.3, -0.25) is 0 Å². The van der Waals surface area contributed by atoms with Gasteiger partial charge in [-0.15, -0.1) is 0 Å². The number of likely N-dealkylation sites (N-methyl/N-ethyl adjacent to an activating group) is 1. The molecule has 136 valence electrons. The number of hydrogen-bond acceptors (Lipinski definition) is 6. The van der Waals surface area contributed by atoms with Crippen molar-refractivity contribution in [3.8, 4) is 17.3 Å². The second-order valence-electron chi connectivity index (χ2n) is 6.38. The molecular formula is C21H22N6. The normalized spacial score (nSPS) is 10.4. The van der Waals surface area contributed by atoms with E-state index in [2.05, 4.69) is 31.6 Å². The van der Waals surface area contributed by atoms with E-state index in [1.165, 1.54) is 0 Å². The molecule has 0 fully saturated rings. The molecule has 1 aromatic heterocycles. The van der Waals surface area contributed by atoms with Crippen LogP contribution in [0.3, 0.4) is 0 Å². The van der Waals surface area contributed by atoms with Crippen LogP contribution in [-0.2, 0) is 0 Å². The van der Waals surface area contributed by atoms with Gasteiger partial charge in [0.25, 0.3) is 0 Å². The maximum absolute atomic E-state index is 9.08. The number of nitrogens with one attached hydrogen (secondary N) is 2. The maximum atomic E-state index is 9.08. The van der Waals surface area contributed by atoms with E-state index in [1.54, 1.807) is 12.1 Å². The third-order valence-corrected chi connectivity index (χ3v) is 3.91. The highest BCUT2D eigenvalue weighted by atomic mass is 15.2. The zero-order valence-corrected chi connectivity index (χ0v) is 15.5. The Bertz CT molecular complexity index is 931. The van der Waals surface area contributed by atoms with Gasteiger partial charge in [-0.25, -0.2) is 4.98 Å². The second kappa shape index (κ2) is 8.79. The van der Waals surface area contributed by atoms with Crippen molar-refractivity contribution in [3.63, 3.8) is 0 Å². The summed E-state index contributed by atoms with van der Waals surface area (Å²) in [5.74, 6) is 1.24. The van der Waals surface area contributed by atoms with Crippen LogP contribution in [-0.4, -0.2) is 42.1 Å². The molecule has 0 atom stereocenters. The van der Waals surface area contributed by atoms with E-state index in [4.69, 9.17) is 5.26 Å². The number of benzene rings is 2. The SMILES string of the molecule is CN(C)CCNc1cc(-c2ccccc2)nc(Nc2cccc(C#N)c2)n1. The molecule has 2 N–H and O–H groups in total. The number of nitriles is 1. The quantitative estimate of drug-likeness (QED) is 0.670. The van der Waals surface area contributed by atoms with Gasteiger partial charge in [-0.2, -0.15) is 10.2 Å². The summed E-state index contributed by atoms with van der Waals surface area (Å²) in [5, 5.41) is 15.6. The highest BCUT2D eigenvalue weighted by Gasteiger charge is 2.08. The lowest BCUT2D eigenvalue weighted by molar-refractivity contribution is 0.425. The minimum Gasteiger partial charge on any atom is -0.369 e. The summed E-state index contributed by atoms with van der Waals surface area (Å²) in [7, 11) is 4.07. The Hall–Kier alpha value is -3.43. The lowest BCUT2D eigenvalue weighted by Crippen LogP contribution is -2.21. The third kappa shape index (κ3) is 5.27. The second-order valence-corrected chi connectivity index (χ2v) is 6.38. The zero-order valence-electron chi connectivity index (χ0n) is 15.5. The van der Waals surface area contributed by atoms with Gasteiger partial charge >= 0.3 is 0 Å². The molecule has 0 saturated carbocycles. The standard InChI is InChI=1S/C21H22N6/c1-27(2)12-11-23-20-14-19(17-8-4-3-5-9-17)25-21(26-20)24-18-10-6-7-16(13-18)15-22/h3-10,13-14H,11-12H2,1-2H3,(H2,23,24,25,26). The van der Waals surface area contributed by atoms with Gasteiger partial charge in [0.1, 0.15) is 5.82 Å². The number of hydrogen-bond donors (Lipinski definition) is 2. The molecule has 0 bridgehead atoms. The Morgan fingerprint density at radius 1 is 1.00 bits per heavy atom. The molecule has 0 aliphatic heterocycles. The molecule has 0 amide bonds. The van der Waals surface area contributed by atoms with Crippen LogP contribution in [0.1, 0.15) is 5.56 Å². The van der Waals surface area contributed by atoms with Crippen LogP contribution in [0, 0.1) is 11.3 Å². The lowest BCUT2D eigenvalue weighted by atomic mass is 10.1. The highest BCUT2D eigenvalue weighted by Crippen LogP contribution is 2.23. The summed E-state index contributed by atoms with van der Waals surface area (Å²) in [6, 6.07) is 21.3. The summed E-state index contributed by atoms with van der Waals surface area (Å²) < 4.78 is 0. The molecule has 1 heterocycles. The number of aromatic nitrogens is 2. The molecule has 0 aliphatic rings. The molecule has 0 saturated heterocycles. The Balaban J connectivity index is 1.90. The summed E-state index contributed by atoms with van der Waals surface area (Å²) in [5.41, 5.74) is 3.21. The summed E-state index contributed by atoms with van der Waals surface area (Å²) in [4.78, 5) is 11.3. The van der Waals surface area contributed by atoms with Gasteiger partial charge in [0.05, 0.1) is 17.3 Å². The first kappa shape index (κ1) is 18.4. The molecule has 0 unspecified atom stereocenters. The van der Waals surface area contributed by atoms with Crippen LogP contribution in [0.5, 0.6) is 0 Å². The van der Waals surface area contributed by atoms with Crippen LogP contribution in [0.4, 0.5) is 17.5 Å². The van der Waals surface area contributed by atoms with Gasteiger partial charge in [0, 0.05) is 30.4 Å². The predicted molar refractivity (Wildman–Crippen MR) is 109 cm³/mol. The Morgan fingerprint density at radius 2 is 1.81 bits per heavy atom. The molecule has 0 aliphatic carbocycles. The first-order chi connectivity index (χ1) is 13.1. The fourth-order valence-corrected chi connectivity index (χ4v) is 2.55. The zero-order chi connectivity index (χ0) is 19.1. The molecule has 27 heavy (non-hydrogen) atoms. The van der Waals surface area contributed by atoms with Crippen molar-refractivity contribution in [1.82, 2.24) is 14.9 Å². The van der Waals surface area contributed by atoms with Crippen LogP contribution in [0.25, 0.3) is 11.3 Å². The third-order valence-electron chi connectivity index (χ3n) is 3.91. The molecule has 3 rings (SSSR count). The fourth-order valence-electron chi connectivity index (χ4n) is 2.55. The highest BCUT2D eigenvalue weighted by molar-refractivity contribution is 5.66. The van der Waals surface area contributed by atoms with Crippen molar-refractivity contribution in [2.75, 3.05) is 37.8 Å². The monoisotopic (exact) mass is 358 g/mol. The van der Waals surface area contributed by atoms with Crippen LogP contribution in [0.15, 0.2) is 60.7 Å². The van der Waals surface area contributed by atoms with Crippen molar-refractivity contribution in [2.45, 2.75) is 0 Å². The Morgan fingerprint density at radius 3 is 2.56 bits per heavy atom. The van der Waals surface area contributed by atoms with Gasteiger partial charge < -0.3 is 15.5 Å². The average molecular weight is 358 g/mol. The number of anilines is 3. The molecule has 3 aromatic rings. The van der Waals surface area contributed by atoms with E-state index in [1.807, 2.05) is 62.6 Å². The van der Waals surface area contributed by atoms with E-state index in [9.17, 15) is 0 Å². The molecule has 6 nitrogen and oxygen atoms in total. The maximum Gasteiger partial charge on any atom is 0.229 e. The Labute approximate surface area is 159 Å². The topological polar surface area (TPSA) is 76.9 Å². The average Bonchev–Trinajstić information content (AvgIpc) is 2.68. The Kier molecular flexibility index (Phi) is 5.98. The van der Waals surface area contributed by atoms with Gasteiger partial charge in [0.15, 0.2) is 0 Å². The van der Waals surface area contributed by atoms with E-state index in [-0.39, 0.29) is 0 Å². The smallest absolute Gasteiger partial charge is 0.229 e. The first-order valence-electron chi connectivity index (χ1n) is 8.74. The largest absolute Gasteiger partial charge is 0.369 e. The minimum atomic E-state index is 0.485. The van der Waals surface area contributed by atoms with Crippen molar-refractivity contribution in [1.29, 1.82) is 5.26 Å². The minimum absolute atomic E-state index is 0.485. The van der Waals surface area contributed by atoms with E-state index in [0.29, 0.717) is 11.5 Å². The van der Waals surface area contributed by atoms with Crippen LogP contribution < -0.4 is 10.6 Å². The van der Waals surface area contributed by atoms with Crippen molar-refractivity contribution >= 4 is 17.5 Å². The summed E-state index contributed by atoms with van der Waals surface area (Å²) >= 11 is 0. The van der Waals surface area contributed by atoms with E-state index >= 15 is 0 Å². The first-order valence-corrected chi connectivity index (χ1v) is 8.74. The van der Waals surface area contributed by atoms with E-state index < -0.39 is 0 Å². The van der Waals surface area contributed by atoms with Crippen molar-refractivity contribution < 1.29 is 0 Å². The lowest BCUT2D eigenvalue weighted by Gasteiger charge is -2.13. The molecule has 0 radical (unpaired) electrons. The molecular weight excluding hydrogens is 336 g/mol. The van der Waals surface area contributed by atoms with Crippen molar-refractivity contribution in [3.05, 3.63) is 66.2 Å². The molecule has 2 aromatic carbocycles. The van der Waals surface area contributed by atoms with Crippen LogP contribution >= 0.6 is 0 Å². The van der Waals surface area contributed by atoms with Gasteiger partial charge in [-0.05, 0) is 32.3 Å². The number of rotatable bonds is 7. The van der Waals surface area contributed by atoms with Crippen LogP contribution in [0.2, 0.25) is 0 Å². The number of nitrogens with zero attached hydrogens (tertiary/aromatic N) is 4. The fraction of sp³-hybridized carbons (Fsp3) is 0.190.